The molecule has 0 atom stereocenters. The smallest absolute Gasteiger partial charge is 0.271 e. The van der Waals surface area contributed by atoms with Gasteiger partial charge in [-0.1, -0.05) is 11.6 Å². The van der Waals surface area contributed by atoms with E-state index in [9.17, 15) is 9.59 Å². The lowest BCUT2D eigenvalue weighted by molar-refractivity contribution is 0.102. The second kappa shape index (κ2) is 6.50. The number of benzene rings is 1. The van der Waals surface area contributed by atoms with E-state index < -0.39 is 11.5 Å². The van der Waals surface area contributed by atoms with Crippen molar-refractivity contribution in [2.45, 2.75) is 0 Å². The summed E-state index contributed by atoms with van der Waals surface area (Å²) in [5.74, 6) is 0.162. The molecule has 0 aliphatic heterocycles. The summed E-state index contributed by atoms with van der Waals surface area (Å²) in [6, 6.07) is 3.04. The molecule has 0 aliphatic carbocycles. The maximum Gasteiger partial charge on any atom is 0.271 e. The lowest BCUT2D eigenvalue weighted by atomic mass is 10.2. The molecule has 124 valence electrons. The van der Waals surface area contributed by atoms with Crippen LogP contribution in [0, 0.1) is 0 Å². The van der Waals surface area contributed by atoms with E-state index >= 15 is 0 Å². The molecule has 0 radical (unpaired) electrons. The van der Waals surface area contributed by atoms with Gasteiger partial charge < -0.3 is 14.8 Å². The van der Waals surface area contributed by atoms with Gasteiger partial charge in [-0.25, -0.2) is 4.98 Å². The molecule has 2 heterocycles. The van der Waals surface area contributed by atoms with Gasteiger partial charge in [-0.15, -0.1) is 11.3 Å². The summed E-state index contributed by atoms with van der Waals surface area (Å²) in [6.45, 7) is 0. The Labute approximate surface area is 145 Å². The second-order valence-corrected chi connectivity index (χ2v) is 5.95. The first-order chi connectivity index (χ1) is 11.5. The van der Waals surface area contributed by atoms with Crippen LogP contribution in [0.25, 0.3) is 4.96 Å². The van der Waals surface area contributed by atoms with Gasteiger partial charge in [-0.3, -0.25) is 14.0 Å². The number of rotatable bonds is 4. The van der Waals surface area contributed by atoms with E-state index in [0.29, 0.717) is 27.2 Å². The molecule has 0 aliphatic rings. The molecule has 0 spiro atoms. The summed E-state index contributed by atoms with van der Waals surface area (Å²) in [6.07, 6.45) is 2.82. The van der Waals surface area contributed by atoms with E-state index in [2.05, 4.69) is 10.3 Å². The van der Waals surface area contributed by atoms with Gasteiger partial charge in [0.2, 0.25) is 0 Å². The number of carbonyl (C=O) groups excluding carboxylic acids is 1. The quantitative estimate of drug-likeness (QED) is 0.768. The number of carbonyl (C=O) groups is 1. The average Bonchev–Trinajstić information content (AvgIpc) is 3.05. The fourth-order valence-electron chi connectivity index (χ4n) is 2.13. The minimum atomic E-state index is -0.604. The molecule has 2 aromatic heterocycles. The van der Waals surface area contributed by atoms with Gasteiger partial charge in [-0.05, 0) is 6.07 Å². The van der Waals surface area contributed by atoms with Crippen LogP contribution in [0.5, 0.6) is 11.5 Å². The summed E-state index contributed by atoms with van der Waals surface area (Å²) in [5.41, 5.74) is -0.208. The summed E-state index contributed by atoms with van der Waals surface area (Å²) < 4.78 is 11.6. The average molecular weight is 366 g/mol. The number of anilines is 1. The second-order valence-electron chi connectivity index (χ2n) is 4.67. The van der Waals surface area contributed by atoms with E-state index in [1.54, 1.807) is 17.6 Å². The molecule has 0 saturated heterocycles. The van der Waals surface area contributed by atoms with Crippen molar-refractivity contribution in [3.05, 3.63) is 50.8 Å². The number of nitrogens with one attached hydrogen (secondary N) is 1. The molecule has 1 amide bonds. The van der Waals surface area contributed by atoms with Crippen molar-refractivity contribution in [2.75, 3.05) is 19.5 Å². The third kappa shape index (κ3) is 2.81. The third-order valence-electron chi connectivity index (χ3n) is 3.31. The Kier molecular flexibility index (Phi) is 4.41. The predicted octanol–water partition coefficient (Wildman–Crippen LogP) is 2.68. The van der Waals surface area contributed by atoms with E-state index in [4.69, 9.17) is 21.1 Å². The van der Waals surface area contributed by atoms with E-state index in [1.807, 2.05) is 0 Å². The number of aromatic nitrogens is 2. The van der Waals surface area contributed by atoms with Crippen LogP contribution in [0.15, 0.2) is 34.7 Å². The fraction of sp³-hybridized carbons (Fsp3) is 0.133. The molecule has 24 heavy (non-hydrogen) atoms. The fourth-order valence-corrected chi connectivity index (χ4v) is 3.04. The number of thiazole rings is 1. The predicted molar refractivity (Wildman–Crippen MR) is 91.8 cm³/mol. The van der Waals surface area contributed by atoms with Crippen LogP contribution >= 0.6 is 22.9 Å². The largest absolute Gasteiger partial charge is 0.495 e. The zero-order valence-electron chi connectivity index (χ0n) is 12.7. The summed E-state index contributed by atoms with van der Waals surface area (Å²) in [5, 5.41) is 4.64. The first-order valence-electron chi connectivity index (χ1n) is 6.73. The Balaban J connectivity index is 1.98. The van der Waals surface area contributed by atoms with Crippen molar-refractivity contribution in [1.29, 1.82) is 0 Å². The number of nitrogens with zero attached hydrogens (tertiary/aromatic N) is 2. The number of hydrogen-bond acceptors (Lipinski definition) is 6. The van der Waals surface area contributed by atoms with E-state index in [0.717, 1.165) is 0 Å². The zero-order valence-corrected chi connectivity index (χ0v) is 14.3. The first kappa shape index (κ1) is 16.3. The number of methoxy groups -OCH3 is 2. The van der Waals surface area contributed by atoms with Crippen LogP contribution in [-0.4, -0.2) is 29.5 Å². The minimum absolute atomic E-state index is 0.0834. The Morgan fingerprint density at radius 3 is 2.75 bits per heavy atom. The van der Waals surface area contributed by atoms with E-state index in [1.165, 1.54) is 42.2 Å². The van der Waals surface area contributed by atoms with Crippen molar-refractivity contribution in [2.24, 2.45) is 0 Å². The number of fused-ring (bicyclic) bond motifs is 1. The first-order valence-corrected chi connectivity index (χ1v) is 7.98. The van der Waals surface area contributed by atoms with Crippen molar-refractivity contribution in [3.8, 4) is 11.5 Å². The molecule has 9 heteroatoms. The van der Waals surface area contributed by atoms with Gasteiger partial charge in [-0.2, -0.15) is 0 Å². The van der Waals surface area contributed by atoms with Crippen LogP contribution < -0.4 is 20.3 Å². The number of ether oxygens (including phenoxy) is 2. The highest BCUT2D eigenvalue weighted by molar-refractivity contribution is 7.15. The molecule has 0 bridgehead atoms. The standard InChI is InChI=1S/C15H12ClN3O4S/c1-22-11-6-12(23-2)10(5-9(11)16)18-13(20)8-7-17-15-19(14(8)21)3-4-24-15/h3-7H,1-2H3,(H,18,20). The highest BCUT2D eigenvalue weighted by Gasteiger charge is 2.17. The van der Waals surface area contributed by atoms with Gasteiger partial charge >= 0.3 is 0 Å². The normalized spacial score (nSPS) is 10.6. The monoisotopic (exact) mass is 365 g/mol. The Hall–Kier alpha value is -2.58. The maximum atomic E-state index is 12.4. The Morgan fingerprint density at radius 2 is 2.04 bits per heavy atom. The Morgan fingerprint density at radius 1 is 1.29 bits per heavy atom. The van der Waals surface area contributed by atoms with Gasteiger partial charge in [0.1, 0.15) is 17.1 Å². The van der Waals surface area contributed by atoms with Gasteiger partial charge in [0, 0.05) is 23.8 Å². The van der Waals surface area contributed by atoms with Gasteiger partial charge in [0.15, 0.2) is 4.96 Å². The maximum absolute atomic E-state index is 12.4. The van der Waals surface area contributed by atoms with Gasteiger partial charge in [0.05, 0.1) is 24.9 Å². The number of halogens is 1. The molecule has 0 fully saturated rings. The Bertz CT molecular complexity index is 982. The van der Waals surface area contributed by atoms with Crippen LogP contribution in [0.4, 0.5) is 5.69 Å². The van der Waals surface area contributed by atoms with Crippen molar-refractivity contribution < 1.29 is 14.3 Å². The van der Waals surface area contributed by atoms with Crippen LogP contribution in [-0.2, 0) is 0 Å². The molecule has 1 N–H and O–H groups in total. The zero-order chi connectivity index (χ0) is 17.3. The molecule has 3 aromatic rings. The summed E-state index contributed by atoms with van der Waals surface area (Å²) in [4.78, 5) is 29.4. The van der Waals surface area contributed by atoms with Crippen LogP contribution in [0.2, 0.25) is 5.02 Å². The van der Waals surface area contributed by atoms with Gasteiger partial charge in [0.25, 0.3) is 11.5 Å². The summed E-state index contributed by atoms with van der Waals surface area (Å²) in [7, 11) is 2.92. The SMILES string of the molecule is COc1cc(OC)c(NC(=O)c2cnc3sccn3c2=O)cc1Cl. The molecule has 3 rings (SSSR count). The van der Waals surface area contributed by atoms with Crippen LogP contribution in [0.3, 0.4) is 0 Å². The molecular formula is C15H12ClN3O4S. The lowest BCUT2D eigenvalue weighted by Gasteiger charge is -2.12. The molecule has 1 aromatic carbocycles. The lowest BCUT2D eigenvalue weighted by Crippen LogP contribution is -2.26. The topological polar surface area (TPSA) is 81.9 Å². The number of amides is 1. The van der Waals surface area contributed by atoms with Crippen LogP contribution in [0.1, 0.15) is 10.4 Å². The number of hydrogen-bond donors (Lipinski definition) is 1. The van der Waals surface area contributed by atoms with Crippen molar-refractivity contribution >= 4 is 39.5 Å². The van der Waals surface area contributed by atoms with Crippen molar-refractivity contribution in [1.82, 2.24) is 9.38 Å². The summed E-state index contributed by atoms with van der Waals surface area (Å²) >= 11 is 7.38. The minimum Gasteiger partial charge on any atom is -0.495 e. The third-order valence-corrected chi connectivity index (χ3v) is 4.38. The molecule has 7 nitrogen and oxygen atoms in total. The highest BCUT2D eigenvalue weighted by atomic mass is 35.5. The molecule has 0 saturated carbocycles. The molecule has 0 unspecified atom stereocenters. The van der Waals surface area contributed by atoms with E-state index in [-0.39, 0.29) is 5.56 Å². The molecular weight excluding hydrogens is 354 g/mol. The highest BCUT2D eigenvalue weighted by Crippen LogP contribution is 2.35. The van der Waals surface area contributed by atoms with Crippen molar-refractivity contribution in [3.63, 3.8) is 0 Å².